The molecule has 0 spiro atoms. The molecule has 0 radical (unpaired) electrons. The molecule has 0 aliphatic heterocycles. The smallest absolute Gasteiger partial charge is 0.315 e. The molecule has 0 saturated carbocycles. The van der Waals surface area contributed by atoms with Crippen molar-refractivity contribution in [2.24, 2.45) is 0 Å². The molecule has 0 unspecified atom stereocenters. The fourth-order valence-electron chi connectivity index (χ4n) is 3.68. The second-order valence-corrected chi connectivity index (χ2v) is 8.98. The lowest BCUT2D eigenvalue weighted by molar-refractivity contribution is -0.116. The van der Waals surface area contributed by atoms with Crippen LogP contribution in [0, 0.1) is 5.82 Å². The van der Waals surface area contributed by atoms with Crippen LogP contribution in [0.3, 0.4) is 0 Å². The molecule has 0 aliphatic carbocycles. The summed E-state index contributed by atoms with van der Waals surface area (Å²) < 4.78 is 15.0. The molecule has 4 rings (SSSR count). The van der Waals surface area contributed by atoms with Crippen molar-refractivity contribution in [1.29, 1.82) is 0 Å². The monoisotopic (exact) mass is 539 g/mol. The number of aromatic nitrogens is 2. The number of carbonyl (C=O) groups excluding carboxylic acids is 2. The minimum atomic E-state index is -0.510. The van der Waals surface area contributed by atoms with Crippen molar-refractivity contribution in [1.82, 2.24) is 14.7 Å². The Morgan fingerprint density at radius 1 is 0.946 bits per heavy atom. The fourth-order valence-corrected chi connectivity index (χ4v) is 4.17. The van der Waals surface area contributed by atoms with E-state index in [1.165, 1.54) is 21.7 Å². The Balaban J connectivity index is 1.56. The van der Waals surface area contributed by atoms with Gasteiger partial charge in [-0.1, -0.05) is 66.5 Å². The van der Waals surface area contributed by atoms with E-state index in [0.29, 0.717) is 40.2 Å². The number of anilines is 2. The summed E-state index contributed by atoms with van der Waals surface area (Å²) in [7, 11) is 0. The quantitative estimate of drug-likeness (QED) is 0.256. The number of hydrogen-bond acceptors (Lipinski definition) is 3. The third-order valence-electron chi connectivity index (χ3n) is 5.43. The molecular weight excluding hydrogens is 516 g/mol. The van der Waals surface area contributed by atoms with Crippen LogP contribution >= 0.6 is 23.2 Å². The Bertz CT molecular complexity index is 1370. The Labute approximate surface area is 223 Å². The average Bonchev–Trinajstić information content (AvgIpc) is 3.30. The van der Waals surface area contributed by atoms with Gasteiger partial charge < -0.3 is 15.5 Å². The Hall–Kier alpha value is -3.88. The number of carbonyl (C=O) groups is 2. The van der Waals surface area contributed by atoms with Gasteiger partial charge in [-0.25, -0.2) is 13.9 Å². The van der Waals surface area contributed by atoms with Gasteiger partial charge in [0.1, 0.15) is 18.2 Å². The average molecular weight is 540 g/mol. The van der Waals surface area contributed by atoms with Crippen LogP contribution in [0.1, 0.15) is 13.3 Å². The first kappa shape index (κ1) is 26.2. The van der Waals surface area contributed by atoms with Gasteiger partial charge in [0.15, 0.2) is 0 Å². The van der Waals surface area contributed by atoms with Gasteiger partial charge in [-0.15, -0.1) is 0 Å². The van der Waals surface area contributed by atoms with E-state index in [-0.39, 0.29) is 18.0 Å². The molecule has 0 fully saturated rings. The van der Waals surface area contributed by atoms with E-state index in [9.17, 15) is 14.0 Å². The Kier molecular flexibility index (Phi) is 8.43. The highest BCUT2D eigenvalue weighted by Gasteiger charge is 2.21. The molecule has 7 nitrogen and oxygen atoms in total. The van der Waals surface area contributed by atoms with Gasteiger partial charge in [-0.2, -0.15) is 5.10 Å². The summed E-state index contributed by atoms with van der Waals surface area (Å²) in [5.41, 5.74) is 2.31. The summed E-state index contributed by atoms with van der Waals surface area (Å²) in [6.07, 6.45) is 0.628. The molecule has 1 heterocycles. The number of para-hydroxylation sites is 1. The van der Waals surface area contributed by atoms with Crippen LogP contribution in [0.4, 0.5) is 20.7 Å². The van der Waals surface area contributed by atoms with Crippen molar-refractivity contribution in [3.63, 3.8) is 0 Å². The summed E-state index contributed by atoms with van der Waals surface area (Å²) in [4.78, 5) is 27.4. The highest BCUT2D eigenvalue weighted by atomic mass is 35.5. The second-order valence-electron chi connectivity index (χ2n) is 8.17. The highest BCUT2D eigenvalue weighted by Crippen LogP contribution is 2.30. The zero-order valence-corrected chi connectivity index (χ0v) is 21.4. The molecule has 0 saturated heterocycles. The van der Waals surface area contributed by atoms with Crippen molar-refractivity contribution in [2.45, 2.75) is 13.3 Å². The first-order valence-corrected chi connectivity index (χ1v) is 12.3. The van der Waals surface area contributed by atoms with Crippen LogP contribution < -0.4 is 10.6 Å². The second kappa shape index (κ2) is 11.9. The molecule has 4 aromatic rings. The number of halogens is 3. The zero-order valence-electron chi connectivity index (χ0n) is 19.9. The number of nitrogens with zero attached hydrogens (tertiary/aromatic N) is 3. The summed E-state index contributed by atoms with van der Waals surface area (Å²) in [6.45, 7) is 2.00. The minimum Gasteiger partial charge on any atom is -0.315 e. The molecule has 190 valence electrons. The van der Waals surface area contributed by atoms with Crippen molar-refractivity contribution in [3.8, 4) is 16.9 Å². The van der Waals surface area contributed by atoms with Crippen LogP contribution in [0.25, 0.3) is 16.9 Å². The number of urea groups is 1. The maximum atomic E-state index is 13.5. The third-order valence-corrected chi connectivity index (χ3v) is 6.06. The molecular formula is C27H24Cl2FN5O2. The lowest BCUT2D eigenvalue weighted by atomic mass is 10.1. The number of rotatable bonds is 8. The van der Waals surface area contributed by atoms with Crippen LogP contribution in [0.2, 0.25) is 10.0 Å². The summed E-state index contributed by atoms with van der Waals surface area (Å²) in [5, 5.41) is 10.7. The Morgan fingerprint density at radius 3 is 2.27 bits per heavy atom. The van der Waals surface area contributed by atoms with E-state index in [2.05, 4.69) is 15.7 Å². The summed E-state index contributed by atoms with van der Waals surface area (Å²) in [5.74, 6) is -0.442. The first-order valence-electron chi connectivity index (χ1n) is 11.6. The van der Waals surface area contributed by atoms with Crippen LogP contribution in [-0.4, -0.2) is 39.7 Å². The van der Waals surface area contributed by atoms with Gasteiger partial charge in [0.2, 0.25) is 5.91 Å². The number of amides is 3. The molecule has 0 aliphatic rings. The molecule has 3 aromatic carbocycles. The van der Waals surface area contributed by atoms with Crippen LogP contribution in [0.5, 0.6) is 0 Å². The van der Waals surface area contributed by atoms with Crippen molar-refractivity contribution in [3.05, 3.63) is 94.7 Å². The first-order chi connectivity index (χ1) is 17.9. The van der Waals surface area contributed by atoms with E-state index in [1.807, 2.05) is 37.3 Å². The molecule has 0 atom stereocenters. The van der Waals surface area contributed by atoms with Crippen LogP contribution in [-0.2, 0) is 4.79 Å². The van der Waals surface area contributed by atoms with Gasteiger partial charge in [0.25, 0.3) is 0 Å². The van der Waals surface area contributed by atoms with Crippen molar-refractivity contribution in [2.75, 3.05) is 23.7 Å². The van der Waals surface area contributed by atoms with E-state index < -0.39 is 11.9 Å². The van der Waals surface area contributed by atoms with Gasteiger partial charge >= 0.3 is 6.03 Å². The molecule has 2 N–H and O–H groups in total. The normalized spacial score (nSPS) is 10.7. The number of nitrogens with one attached hydrogen (secondary N) is 2. The SMILES string of the molecule is CCCN(CC(=O)Nc1cc(-c2ccccc2)nn1-c1ccc(F)cc1)C(=O)Nc1c(Cl)cccc1Cl. The van der Waals surface area contributed by atoms with Crippen molar-refractivity contribution >= 4 is 46.6 Å². The summed E-state index contributed by atoms with van der Waals surface area (Å²) in [6, 6.07) is 21.3. The predicted molar refractivity (Wildman–Crippen MR) is 145 cm³/mol. The highest BCUT2D eigenvalue weighted by molar-refractivity contribution is 6.39. The Morgan fingerprint density at radius 2 is 1.62 bits per heavy atom. The standard InChI is InChI=1S/C27H24Cl2FN5O2/c1-2-15-34(27(37)32-26-21(28)9-6-10-22(26)29)17-25(36)31-24-16-23(18-7-4-3-5-8-18)33-35(24)20-13-11-19(30)12-14-20/h3-14,16H,2,15,17H2,1H3,(H,31,36)(H,32,37). The maximum absolute atomic E-state index is 13.5. The van der Waals surface area contributed by atoms with E-state index >= 15 is 0 Å². The van der Waals surface area contributed by atoms with Gasteiger partial charge in [0, 0.05) is 18.2 Å². The zero-order chi connectivity index (χ0) is 26.4. The molecule has 1 aromatic heterocycles. The minimum absolute atomic E-state index is 0.225. The lowest BCUT2D eigenvalue weighted by Gasteiger charge is -2.22. The van der Waals surface area contributed by atoms with E-state index in [4.69, 9.17) is 23.2 Å². The molecule has 37 heavy (non-hydrogen) atoms. The maximum Gasteiger partial charge on any atom is 0.322 e. The largest absolute Gasteiger partial charge is 0.322 e. The van der Waals surface area contributed by atoms with Crippen LogP contribution in [0.15, 0.2) is 78.9 Å². The third kappa shape index (κ3) is 6.47. The predicted octanol–water partition coefficient (Wildman–Crippen LogP) is 6.87. The van der Waals surface area contributed by atoms with Gasteiger partial charge in [-0.05, 0) is 42.8 Å². The fraction of sp³-hybridized carbons (Fsp3) is 0.148. The molecule has 0 bridgehead atoms. The van der Waals surface area contributed by atoms with Gasteiger partial charge in [-0.3, -0.25) is 4.79 Å². The van der Waals surface area contributed by atoms with E-state index in [1.54, 1.807) is 36.4 Å². The topological polar surface area (TPSA) is 79.3 Å². The summed E-state index contributed by atoms with van der Waals surface area (Å²) >= 11 is 12.4. The molecule has 10 heteroatoms. The number of benzene rings is 3. The van der Waals surface area contributed by atoms with E-state index in [0.717, 1.165) is 5.56 Å². The molecule has 3 amide bonds. The lowest BCUT2D eigenvalue weighted by Crippen LogP contribution is -2.41. The van der Waals surface area contributed by atoms with Crippen molar-refractivity contribution < 1.29 is 14.0 Å². The van der Waals surface area contributed by atoms with Gasteiger partial charge in [0.05, 0.1) is 27.1 Å². The number of hydrogen-bond donors (Lipinski definition) is 2.